The van der Waals surface area contributed by atoms with Gasteiger partial charge in [-0.15, -0.1) is 0 Å². The normalized spacial score (nSPS) is 15.3. The first kappa shape index (κ1) is 39.4. The minimum absolute atomic E-state index is 0.0762. The van der Waals surface area contributed by atoms with Crippen LogP contribution in [0.5, 0.6) is 5.75 Å². The quantitative estimate of drug-likeness (QED) is 0.0883. The zero-order valence-electron chi connectivity index (χ0n) is 28.5. The number of halogens is 4. The van der Waals surface area contributed by atoms with Gasteiger partial charge < -0.3 is 10.4 Å². The summed E-state index contributed by atoms with van der Waals surface area (Å²) in [5, 5.41) is 23.3. The van der Waals surface area contributed by atoms with Crippen molar-refractivity contribution in [2.45, 2.75) is 96.9 Å². The number of carbonyl (C=O) groups is 2. The van der Waals surface area contributed by atoms with Gasteiger partial charge in [-0.2, -0.15) is 10.2 Å². The van der Waals surface area contributed by atoms with Crippen LogP contribution in [0.4, 0.5) is 17.1 Å². The molecule has 0 bridgehead atoms. The van der Waals surface area contributed by atoms with Crippen LogP contribution in [0.3, 0.4) is 0 Å². The van der Waals surface area contributed by atoms with E-state index >= 15 is 0 Å². The van der Waals surface area contributed by atoms with E-state index in [9.17, 15) is 14.7 Å². The van der Waals surface area contributed by atoms with E-state index in [-0.39, 0.29) is 43.9 Å². The molecule has 1 saturated heterocycles. The number of phenolic OH excluding ortho intramolecular Hbond substituents is 1. The molecule has 1 aliphatic heterocycles. The van der Waals surface area contributed by atoms with Crippen LogP contribution in [0.25, 0.3) is 0 Å². The average molecular weight is 763 g/mol. The Kier molecular flexibility index (Phi) is 15.7. The highest BCUT2D eigenvalue weighted by Gasteiger charge is 2.41. The molecular weight excluding hydrogens is 718 g/mol. The van der Waals surface area contributed by atoms with Crippen LogP contribution in [0, 0.1) is 6.92 Å². The number of phenols is 1. The number of nitrogens with one attached hydrogen (secondary N) is 2. The number of azo groups is 1. The van der Waals surface area contributed by atoms with Gasteiger partial charge in [-0.25, -0.2) is 10.0 Å². The van der Waals surface area contributed by atoms with Crippen LogP contribution in [-0.2, 0) is 4.79 Å². The lowest BCUT2D eigenvalue weighted by Crippen LogP contribution is -2.36. The number of nitrogens with zero attached hydrogens (tertiary/aromatic N) is 4. The Morgan fingerprint density at radius 3 is 2.08 bits per heavy atom. The topological polar surface area (TPSA) is 119 Å². The first-order chi connectivity index (χ1) is 24.1. The average Bonchev–Trinajstić information content (AvgIpc) is 3.37. The minimum atomic E-state index is -1.24. The number of hydrogen-bond acceptors (Lipinski definition) is 6. The van der Waals surface area contributed by atoms with E-state index in [1.165, 1.54) is 76.0 Å². The highest BCUT2D eigenvalue weighted by Crippen LogP contribution is 2.38. The van der Waals surface area contributed by atoms with Crippen molar-refractivity contribution in [1.82, 2.24) is 10.7 Å². The third-order valence-electron chi connectivity index (χ3n) is 8.38. The molecule has 3 N–H and O–H groups in total. The molecule has 0 radical (unpaired) electrons. The number of aryl methyl sites for hydroxylation is 1. The van der Waals surface area contributed by atoms with Crippen molar-refractivity contribution in [2.75, 3.05) is 11.6 Å². The van der Waals surface area contributed by atoms with Crippen molar-refractivity contribution >= 4 is 81.1 Å². The summed E-state index contributed by atoms with van der Waals surface area (Å²) in [6.45, 7) is 4.53. The molecule has 1 aliphatic rings. The third-order valence-corrected chi connectivity index (χ3v) is 9.49. The molecule has 1 unspecified atom stereocenters. The number of aromatic hydroxyl groups is 1. The predicted octanol–water partition coefficient (Wildman–Crippen LogP) is 11.5. The molecule has 1 atom stereocenters. The highest BCUT2D eigenvalue weighted by atomic mass is 35.5. The fraction of sp³-hybridized carbons (Fsp3) is 0.432. The minimum Gasteiger partial charge on any atom is -0.508 e. The number of carbonyl (C=O) groups excluding carboxylic acids is 2. The van der Waals surface area contributed by atoms with E-state index in [0.717, 1.165) is 24.3 Å². The van der Waals surface area contributed by atoms with Gasteiger partial charge in [-0.1, -0.05) is 124 Å². The zero-order valence-corrected chi connectivity index (χ0v) is 31.5. The number of benzene rings is 3. The molecule has 268 valence electrons. The third kappa shape index (κ3) is 11.3. The SMILES string of the molecule is CCCCCCCCCCCCCCNC(=O)c1ccc(Cl)c(N=C2NN(c3c(Cl)cc(Cl)cc3Cl)C(=O)C2N=Nc2ccc(O)c(C)c2)c1. The van der Waals surface area contributed by atoms with E-state index in [1.54, 1.807) is 37.3 Å². The summed E-state index contributed by atoms with van der Waals surface area (Å²) in [5.41, 5.74) is 4.72. The van der Waals surface area contributed by atoms with Crippen molar-refractivity contribution in [2.24, 2.45) is 15.2 Å². The van der Waals surface area contributed by atoms with E-state index in [1.807, 2.05) is 0 Å². The van der Waals surface area contributed by atoms with Crippen molar-refractivity contribution in [1.29, 1.82) is 0 Å². The Morgan fingerprint density at radius 1 is 0.840 bits per heavy atom. The lowest BCUT2D eigenvalue weighted by Gasteiger charge is -2.19. The number of unbranched alkanes of at least 4 members (excludes halogenated alkanes) is 11. The summed E-state index contributed by atoms with van der Waals surface area (Å²) in [6, 6.07) is 11.1. The second-order valence-electron chi connectivity index (χ2n) is 12.4. The first-order valence-corrected chi connectivity index (χ1v) is 18.7. The van der Waals surface area contributed by atoms with E-state index < -0.39 is 11.9 Å². The Labute approximate surface area is 314 Å². The number of aliphatic imine (C=N–C) groups is 1. The van der Waals surface area contributed by atoms with Gasteiger partial charge >= 0.3 is 0 Å². The maximum absolute atomic E-state index is 13.7. The van der Waals surface area contributed by atoms with Crippen molar-refractivity contribution in [3.8, 4) is 5.75 Å². The van der Waals surface area contributed by atoms with Crippen LogP contribution in [-0.4, -0.2) is 35.3 Å². The van der Waals surface area contributed by atoms with Crippen molar-refractivity contribution in [3.05, 3.63) is 79.7 Å². The summed E-state index contributed by atoms with van der Waals surface area (Å²) in [5.74, 6) is -0.633. The molecule has 13 heteroatoms. The van der Waals surface area contributed by atoms with Crippen molar-refractivity contribution < 1.29 is 14.7 Å². The van der Waals surface area contributed by atoms with Crippen LogP contribution < -0.4 is 15.8 Å². The highest BCUT2D eigenvalue weighted by molar-refractivity contribution is 6.43. The number of amidine groups is 1. The Balaban J connectivity index is 1.42. The number of amides is 2. The molecule has 0 aliphatic carbocycles. The zero-order chi connectivity index (χ0) is 36.0. The molecule has 50 heavy (non-hydrogen) atoms. The molecule has 9 nitrogen and oxygen atoms in total. The summed E-state index contributed by atoms with van der Waals surface area (Å²) in [4.78, 5) is 31.4. The van der Waals surface area contributed by atoms with Gasteiger partial charge in [0.25, 0.3) is 11.8 Å². The fourth-order valence-corrected chi connectivity index (χ4v) is 6.69. The number of hydrazine groups is 1. The Hall–Kier alpha value is -3.37. The standard InChI is InChI=1S/C37H44Cl4N6O3/c1-3-4-5-6-7-8-9-10-11-12-13-14-19-42-36(49)25-15-17-28(39)31(21-25)43-35-33(45-44-27-16-18-32(48)24(2)20-27)37(50)47(46-35)34-29(40)22-26(38)23-30(34)41/h15-18,20-23,33,48H,3-14,19H2,1-2H3,(H,42,49)(H,43,46). The second kappa shape index (κ2) is 19.9. The number of rotatable bonds is 18. The monoisotopic (exact) mass is 760 g/mol. The first-order valence-electron chi connectivity index (χ1n) is 17.2. The van der Waals surface area contributed by atoms with Gasteiger partial charge in [0.15, 0.2) is 5.84 Å². The van der Waals surface area contributed by atoms with Gasteiger partial charge in [-0.05, 0) is 67.4 Å². The molecule has 0 saturated carbocycles. The van der Waals surface area contributed by atoms with E-state index in [2.05, 4.69) is 32.9 Å². The van der Waals surface area contributed by atoms with Crippen LogP contribution in [0.2, 0.25) is 20.1 Å². The summed E-state index contributed by atoms with van der Waals surface area (Å²) >= 11 is 25.5. The van der Waals surface area contributed by atoms with Gasteiger partial charge in [0.05, 0.1) is 26.4 Å². The molecular formula is C37H44Cl4N6O3. The molecule has 1 heterocycles. The van der Waals surface area contributed by atoms with Crippen LogP contribution >= 0.6 is 46.4 Å². The maximum Gasteiger partial charge on any atom is 0.280 e. The van der Waals surface area contributed by atoms with Gasteiger partial charge in [0.2, 0.25) is 6.04 Å². The molecule has 0 aromatic heterocycles. The van der Waals surface area contributed by atoms with Gasteiger partial charge in [0, 0.05) is 17.1 Å². The Morgan fingerprint density at radius 2 is 1.46 bits per heavy atom. The van der Waals surface area contributed by atoms with E-state index in [0.29, 0.717) is 28.4 Å². The summed E-state index contributed by atoms with van der Waals surface area (Å²) in [6.07, 6.45) is 14.9. The maximum atomic E-state index is 13.7. The largest absolute Gasteiger partial charge is 0.508 e. The molecule has 1 fully saturated rings. The van der Waals surface area contributed by atoms with Gasteiger partial charge in [-0.3, -0.25) is 15.0 Å². The van der Waals surface area contributed by atoms with Crippen LogP contribution in [0.1, 0.15) is 99.9 Å². The molecule has 4 rings (SSSR count). The molecule has 0 spiro atoms. The lowest BCUT2D eigenvalue weighted by atomic mass is 10.1. The summed E-state index contributed by atoms with van der Waals surface area (Å²) in [7, 11) is 0. The molecule has 3 aromatic carbocycles. The number of hydrogen-bond donors (Lipinski definition) is 3. The van der Waals surface area contributed by atoms with Gasteiger partial charge in [0.1, 0.15) is 11.4 Å². The lowest BCUT2D eigenvalue weighted by molar-refractivity contribution is -0.117. The smallest absolute Gasteiger partial charge is 0.280 e. The fourth-order valence-electron chi connectivity index (χ4n) is 5.54. The van der Waals surface area contributed by atoms with Crippen molar-refractivity contribution in [3.63, 3.8) is 0 Å². The van der Waals surface area contributed by atoms with Crippen LogP contribution in [0.15, 0.2) is 63.8 Å². The Bertz CT molecular complexity index is 1680. The predicted molar refractivity (Wildman–Crippen MR) is 205 cm³/mol. The summed E-state index contributed by atoms with van der Waals surface area (Å²) < 4.78 is 0. The molecule has 2 amide bonds. The second-order valence-corrected chi connectivity index (χ2v) is 14.1. The van der Waals surface area contributed by atoms with E-state index in [4.69, 9.17) is 46.4 Å². The number of anilines is 1. The molecule has 3 aromatic rings.